The van der Waals surface area contributed by atoms with E-state index < -0.39 is 0 Å². The third kappa shape index (κ3) is 3.54. The molecule has 4 nitrogen and oxygen atoms in total. The molecule has 0 N–H and O–H groups in total. The Morgan fingerprint density at radius 2 is 1.95 bits per heavy atom. The fourth-order valence-corrected chi connectivity index (χ4v) is 3.63. The summed E-state index contributed by atoms with van der Waals surface area (Å²) in [5.74, 6) is -0.181. The average molecular weight is 309 g/mol. The second-order valence-electron chi connectivity index (χ2n) is 7.29. The highest BCUT2D eigenvalue weighted by molar-refractivity contribution is 5.89. The van der Waals surface area contributed by atoms with Gasteiger partial charge in [-0.2, -0.15) is 0 Å². The van der Waals surface area contributed by atoms with Gasteiger partial charge < -0.3 is 9.47 Å². The number of rotatable bonds is 6. The van der Waals surface area contributed by atoms with Crippen molar-refractivity contribution in [1.29, 1.82) is 0 Å². The molecule has 1 heterocycles. The first-order valence-corrected chi connectivity index (χ1v) is 8.65. The molecule has 1 fully saturated rings. The number of nitrogens with zero attached hydrogens (tertiary/aromatic N) is 1. The largest absolute Gasteiger partial charge is 0.463 e. The number of esters is 1. The van der Waals surface area contributed by atoms with Crippen LogP contribution in [0, 0.1) is 0 Å². The van der Waals surface area contributed by atoms with Crippen molar-refractivity contribution in [3.63, 3.8) is 0 Å². The molecule has 0 spiro atoms. The normalized spacial score (nSPS) is 30.8. The molecule has 1 aliphatic heterocycles. The van der Waals surface area contributed by atoms with Gasteiger partial charge in [0, 0.05) is 17.2 Å². The molecule has 0 aromatic heterocycles. The van der Waals surface area contributed by atoms with Crippen molar-refractivity contribution in [2.45, 2.75) is 90.6 Å². The van der Waals surface area contributed by atoms with Crippen LogP contribution in [0.4, 0.5) is 0 Å². The van der Waals surface area contributed by atoms with Crippen molar-refractivity contribution < 1.29 is 14.3 Å². The number of ether oxygens (including phenoxy) is 2. The summed E-state index contributed by atoms with van der Waals surface area (Å²) in [5.41, 5.74) is 0.883. The first-order chi connectivity index (χ1) is 10.3. The molecular formula is C18H31NO3. The highest BCUT2D eigenvalue weighted by atomic mass is 16.5. The van der Waals surface area contributed by atoms with E-state index in [1.165, 1.54) is 0 Å². The van der Waals surface area contributed by atoms with E-state index in [0.717, 1.165) is 24.8 Å². The van der Waals surface area contributed by atoms with Crippen LogP contribution < -0.4 is 0 Å². The van der Waals surface area contributed by atoms with Gasteiger partial charge in [0.1, 0.15) is 0 Å². The second-order valence-corrected chi connectivity index (χ2v) is 7.29. The summed E-state index contributed by atoms with van der Waals surface area (Å²) in [5, 5.41) is 0. The Labute approximate surface area is 134 Å². The van der Waals surface area contributed by atoms with Gasteiger partial charge in [0.05, 0.1) is 24.9 Å². The topological polar surface area (TPSA) is 38.5 Å². The minimum Gasteiger partial charge on any atom is -0.463 e. The first kappa shape index (κ1) is 17.5. The Kier molecular flexibility index (Phi) is 5.33. The highest BCUT2D eigenvalue weighted by Gasteiger charge is 2.59. The Bertz CT molecular complexity index is 434. The summed E-state index contributed by atoms with van der Waals surface area (Å²) in [6.45, 7) is 13.3. The molecule has 0 bridgehead atoms. The van der Waals surface area contributed by atoms with Crippen molar-refractivity contribution in [2.24, 2.45) is 0 Å². The lowest BCUT2D eigenvalue weighted by Gasteiger charge is -2.26. The van der Waals surface area contributed by atoms with Crippen LogP contribution >= 0.6 is 0 Å². The third-order valence-corrected chi connectivity index (χ3v) is 4.69. The molecule has 4 heteroatoms. The van der Waals surface area contributed by atoms with Crippen LogP contribution in [0.1, 0.15) is 60.8 Å². The molecule has 0 aromatic carbocycles. The zero-order valence-electron chi connectivity index (χ0n) is 14.9. The number of carbonyl (C=O) groups is 1. The summed E-state index contributed by atoms with van der Waals surface area (Å²) in [6.07, 6.45) is 5.06. The van der Waals surface area contributed by atoms with E-state index in [2.05, 4.69) is 39.5 Å². The van der Waals surface area contributed by atoms with Crippen LogP contribution in [0.5, 0.6) is 0 Å². The van der Waals surface area contributed by atoms with E-state index in [0.29, 0.717) is 18.7 Å². The van der Waals surface area contributed by atoms with Crippen LogP contribution in [-0.4, -0.2) is 47.3 Å². The maximum Gasteiger partial charge on any atom is 0.333 e. The maximum absolute atomic E-state index is 12.1. The van der Waals surface area contributed by atoms with Crippen LogP contribution in [0.3, 0.4) is 0 Å². The number of carbonyl (C=O) groups excluding carboxylic acids is 1. The average Bonchev–Trinajstić information content (AvgIpc) is 3.19. The van der Waals surface area contributed by atoms with Crippen LogP contribution in [0.2, 0.25) is 0 Å². The van der Waals surface area contributed by atoms with Gasteiger partial charge in [0.15, 0.2) is 0 Å². The van der Waals surface area contributed by atoms with E-state index in [1.54, 1.807) is 0 Å². The van der Waals surface area contributed by atoms with E-state index in [4.69, 9.17) is 9.47 Å². The zero-order valence-corrected chi connectivity index (χ0v) is 14.9. The number of hydrogen-bond donors (Lipinski definition) is 0. The number of fused-ring (bicyclic) bond motifs is 1. The molecule has 22 heavy (non-hydrogen) atoms. The zero-order chi connectivity index (χ0) is 16.5. The molecule has 2 aliphatic rings. The van der Waals surface area contributed by atoms with Gasteiger partial charge in [0.2, 0.25) is 0 Å². The predicted molar refractivity (Wildman–Crippen MR) is 87.7 cm³/mol. The summed E-state index contributed by atoms with van der Waals surface area (Å²) >= 11 is 0. The van der Waals surface area contributed by atoms with Crippen molar-refractivity contribution >= 4 is 5.97 Å². The Morgan fingerprint density at radius 1 is 1.32 bits per heavy atom. The van der Waals surface area contributed by atoms with Gasteiger partial charge >= 0.3 is 5.97 Å². The van der Waals surface area contributed by atoms with Gasteiger partial charge in [-0.25, -0.2) is 4.79 Å². The van der Waals surface area contributed by atoms with E-state index in [1.807, 2.05) is 13.0 Å². The van der Waals surface area contributed by atoms with Crippen molar-refractivity contribution in [1.82, 2.24) is 4.90 Å². The van der Waals surface area contributed by atoms with Gasteiger partial charge in [-0.1, -0.05) is 13.8 Å². The minimum atomic E-state index is -0.181. The van der Waals surface area contributed by atoms with Crippen molar-refractivity contribution in [3.8, 4) is 0 Å². The molecule has 1 aliphatic carbocycles. The summed E-state index contributed by atoms with van der Waals surface area (Å²) < 4.78 is 11.5. The Hall–Kier alpha value is -0.870. The van der Waals surface area contributed by atoms with Crippen LogP contribution in [-0.2, 0) is 14.3 Å². The minimum absolute atomic E-state index is 0.00211. The monoisotopic (exact) mass is 309 g/mol. The number of hydrogen-bond acceptors (Lipinski definition) is 4. The predicted octanol–water partition coefficient (Wildman–Crippen LogP) is 3.30. The van der Waals surface area contributed by atoms with Gasteiger partial charge in [-0.3, -0.25) is 4.90 Å². The first-order valence-electron chi connectivity index (χ1n) is 8.65. The van der Waals surface area contributed by atoms with Gasteiger partial charge in [-0.15, -0.1) is 0 Å². The van der Waals surface area contributed by atoms with Crippen LogP contribution in [0.15, 0.2) is 11.6 Å². The van der Waals surface area contributed by atoms with Gasteiger partial charge in [-0.05, 0) is 53.0 Å². The third-order valence-electron chi connectivity index (χ3n) is 4.69. The molecule has 0 radical (unpaired) electrons. The Morgan fingerprint density at radius 3 is 2.45 bits per heavy atom. The summed E-state index contributed by atoms with van der Waals surface area (Å²) in [7, 11) is 0. The van der Waals surface area contributed by atoms with E-state index in [9.17, 15) is 4.79 Å². The molecule has 0 aromatic rings. The van der Waals surface area contributed by atoms with E-state index >= 15 is 0 Å². The summed E-state index contributed by atoms with van der Waals surface area (Å²) in [6, 6.07) is 0.808. The van der Waals surface area contributed by atoms with Crippen LogP contribution in [0.25, 0.3) is 0 Å². The SMILES string of the molecule is CCOC(=O)C1=C[C@H](OC(CC)CC)[C@@H]2[C@H](C1)N2C(C)(C)C. The maximum atomic E-state index is 12.1. The van der Waals surface area contributed by atoms with Crippen molar-refractivity contribution in [3.05, 3.63) is 11.6 Å². The lowest BCUT2D eigenvalue weighted by atomic mass is 9.97. The van der Waals surface area contributed by atoms with Gasteiger partial charge in [0.25, 0.3) is 0 Å². The fourth-order valence-electron chi connectivity index (χ4n) is 3.63. The standard InChI is InChI=1S/C18H31NO3/c1-7-13(8-2)22-15-11-12(17(20)21-9-3)10-14-16(15)19(14)18(4,5)6/h11,13-16H,7-10H2,1-6H3/t14-,15-,16-,19?/m0/s1. The highest BCUT2D eigenvalue weighted by Crippen LogP contribution is 2.47. The molecule has 4 atom stereocenters. The quantitative estimate of drug-likeness (QED) is 0.557. The molecule has 2 rings (SSSR count). The second kappa shape index (κ2) is 6.71. The van der Waals surface area contributed by atoms with Crippen molar-refractivity contribution in [2.75, 3.05) is 6.61 Å². The molecule has 0 saturated carbocycles. The molecule has 1 saturated heterocycles. The fraction of sp³-hybridized carbons (Fsp3) is 0.833. The molecular weight excluding hydrogens is 278 g/mol. The Balaban J connectivity index is 2.17. The lowest BCUT2D eigenvalue weighted by molar-refractivity contribution is -0.138. The van der Waals surface area contributed by atoms with E-state index in [-0.39, 0.29) is 23.7 Å². The smallest absolute Gasteiger partial charge is 0.333 e. The molecule has 126 valence electrons. The summed E-state index contributed by atoms with van der Waals surface area (Å²) in [4.78, 5) is 14.6. The molecule has 1 unspecified atom stereocenters. The lowest BCUT2D eigenvalue weighted by Crippen LogP contribution is -2.34. The molecule has 0 amide bonds.